The number of anilines is 2. The zero-order valence-corrected chi connectivity index (χ0v) is 33.1. The first-order chi connectivity index (χ1) is 26.2. The second-order valence-electron chi connectivity index (χ2n) is 15.8. The van der Waals surface area contributed by atoms with E-state index in [1.165, 1.54) is 23.1 Å². The van der Waals surface area contributed by atoms with Gasteiger partial charge in [-0.05, 0) is 94.3 Å². The van der Waals surface area contributed by atoms with Gasteiger partial charge in [0.15, 0.2) is 0 Å². The second kappa shape index (κ2) is 18.0. The maximum absolute atomic E-state index is 14.9. The summed E-state index contributed by atoms with van der Waals surface area (Å²) in [4.78, 5) is 54.6. The van der Waals surface area contributed by atoms with Crippen molar-refractivity contribution >= 4 is 35.2 Å². The smallest absolute Gasteiger partial charge is 0.435 e. The minimum absolute atomic E-state index is 0.0382. The Hall–Kier alpha value is -5.15. The van der Waals surface area contributed by atoms with E-state index in [1.807, 2.05) is 20.8 Å². The zero-order chi connectivity index (χ0) is 43.1. The summed E-state index contributed by atoms with van der Waals surface area (Å²) in [6, 6.07) is 14.0. The number of aryl methyl sites for hydroxylation is 2. The molecule has 9 nitrogen and oxygen atoms in total. The molecule has 0 saturated heterocycles. The number of carbonyl (C=O) groups is 4. The Morgan fingerprint density at radius 1 is 0.702 bits per heavy atom. The largest absolute Gasteiger partial charge is 0.444 e. The van der Waals surface area contributed by atoms with Crippen LogP contribution in [0.2, 0.25) is 0 Å². The number of hydrogen-bond acceptors (Lipinski definition) is 5. The number of alkyl halides is 7. The lowest BCUT2D eigenvalue weighted by molar-refractivity contribution is -0.348. The first-order valence-electron chi connectivity index (χ1n) is 18.1. The number of halogens is 7. The fourth-order valence-corrected chi connectivity index (χ4v) is 6.00. The lowest BCUT2D eigenvalue weighted by Crippen LogP contribution is -2.50. The summed E-state index contributed by atoms with van der Waals surface area (Å²) < 4.78 is 101. The fraction of sp³-hybridized carbons (Fsp3) is 0.463. The van der Waals surface area contributed by atoms with Gasteiger partial charge < -0.3 is 25.6 Å². The maximum Gasteiger partial charge on any atom is 0.435 e. The Bertz CT molecular complexity index is 1870. The van der Waals surface area contributed by atoms with Crippen LogP contribution in [0, 0.1) is 19.3 Å². The van der Waals surface area contributed by atoms with Gasteiger partial charge in [0.05, 0.1) is 6.04 Å². The molecule has 0 aliphatic heterocycles. The maximum atomic E-state index is 14.9. The van der Waals surface area contributed by atoms with Gasteiger partial charge in [-0.1, -0.05) is 57.2 Å². The van der Waals surface area contributed by atoms with Crippen molar-refractivity contribution in [3.63, 3.8) is 0 Å². The topological polar surface area (TPSA) is 117 Å². The molecule has 0 aliphatic carbocycles. The molecule has 0 saturated carbocycles. The third-order valence-corrected chi connectivity index (χ3v) is 8.86. The molecule has 0 spiro atoms. The number of rotatable bonds is 13. The minimum atomic E-state index is -6.31. The van der Waals surface area contributed by atoms with Crippen LogP contribution in [0.5, 0.6) is 0 Å². The highest BCUT2D eigenvalue weighted by Gasteiger charge is 2.73. The first-order valence-corrected chi connectivity index (χ1v) is 18.1. The molecule has 3 N–H and O–H groups in total. The van der Waals surface area contributed by atoms with E-state index in [0.717, 1.165) is 13.8 Å². The lowest BCUT2D eigenvalue weighted by atomic mass is 9.82. The Balaban J connectivity index is 1.90. The predicted molar refractivity (Wildman–Crippen MR) is 203 cm³/mol. The van der Waals surface area contributed by atoms with Gasteiger partial charge >= 0.3 is 24.1 Å². The van der Waals surface area contributed by atoms with Crippen molar-refractivity contribution in [3.05, 3.63) is 94.5 Å². The number of amides is 4. The average molecular weight is 811 g/mol. The lowest BCUT2D eigenvalue weighted by Gasteiger charge is -2.40. The molecule has 0 aromatic heterocycles. The van der Waals surface area contributed by atoms with Gasteiger partial charge in [-0.15, -0.1) is 0 Å². The SMILES string of the molecule is Cc1cc(C(F)(C(F)(F)F)C(F)(F)F)cc(C)c1NC(=O)c1cccc(N(C(=O)c2ccccc2)C(CC(=O)NCCCCNC(=O)OC(C)(C)C)C(C)(C)C)c1. The van der Waals surface area contributed by atoms with Crippen molar-refractivity contribution in [2.24, 2.45) is 5.41 Å². The van der Waals surface area contributed by atoms with E-state index in [1.54, 1.807) is 57.2 Å². The predicted octanol–water partition coefficient (Wildman–Crippen LogP) is 9.72. The van der Waals surface area contributed by atoms with Gasteiger partial charge in [0, 0.05) is 47.6 Å². The van der Waals surface area contributed by atoms with E-state index in [0.29, 0.717) is 31.5 Å². The zero-order valence-electron chi connectivity index (χ0n) is 33.1. The van der Waals surface area contributed by atoms with Crippen LogP contribution in [0.3, 0.4) is 0 Å². The summed E-state index contributed by atoms with van der Waals surface area (Å²) >= 11 is 0. The van der Waals surface area contributed by atoms with E-state index >= 15 is 0 Å². The van der Waals surface area contributed by atoms with E-state index in [9.17, 15) is 49.9 Å². The second-order valence-corrected chi connectivity index (χ2v) is 15.8. The number of alkyl carbamates (subject to hydrolysis) is 1. The number of ether oxygens (including phenoxy) is 1. The Kier molecular flexibility index (Phi) is 14.6. The molecular weight excluding hydrogens is 761 g/mol. The molecule has 0 heterocycles. The number of nitrogens with one attached hydrogen (secondary N) is 3. The van der Waals surface area contributed by atoms with Crippen molar-refractivity contribution < 1.29 is 54.6 Å². The molecule has 1 atom stereocenters. The minimum Gasteiger partial charge on any atom is -0.444 e. The van der Waals surface area contributed by atoms with Crippen molar-refractivity contribution in [1.29, 1.82) is 0 Å². The van der Waals surface area contributed by atoms with Crippen molar-refractivity contribution in [2.75, 3.05) is 23.3 Å². The number of nitrogens with zero attached hydrogens (tertiary/aromatic N) is 1. The Morgan fingerprint density at radius 3 is 1.74 bits per heavy atom. The van der Waals surface area contributed by atoms with E-state index in [-0.39, 0.29) is 52.5 Å². The monoisotopic (exact) mass is 810 g/mol. The molecule has 16 heteroatoms. The quantitative estimate of drug-likeness (QED) is 0.118. The summed E-state index contributed by atoms with van der Waals surface area (Å²) in [6.45, 7) is 13.7. The molecule has 0 radical (unpaired) electrons. The van der Waals surface area contributed by atoms with Gasteiger partial charge in [0.2, 0.25) is 5.91 Å². The summed E-state index contributed by atoms with van der Waals surface area (Å²) in [7, 11) is 0. The molecular formula is C41H49F7N4O5. The molecule has 0 aliphatic rings. The molecule has 3 rings (SSSR count). The van der Waals surface area contributed by atoms with Crippen LogP contribution in [0.15, 0.2) is 66.7 Å². The van der Waals surface area contributed by atoms with Crippen LogP contribution in [0.1, 0.15) is 98.2 Å². The van der Waals surface area contributed by atoms with Gasteiger partial charge in [-0.2, -0.15) is 26.3 Å². The average Bonchev–Trinajstić information content (AvgIpc) is 3.08. The van der Waals surface area contributed by atoms with Crippen LogP contribution >= 0.6 is 0 Å². The van der Waals surface area contributed by atoms with Crippen LogP contribution in [0.25, 0.3) is 0 Å². The van der Waals surface area contributed by atoms with Gasteiger partial charge in [-0.25, -0.2) is 9.18 Å². The van der Waals surface area contributed by atoms with Crippen molar-refractivity contribution in [1.82, 2.24) is 10.6 Å². The summed E-state index contributed by atoms with van der Waals surface area (Å²) in [5, 5.41) is 8.02. The molecule has 3 aromatic carbocycles. The van der Waals surface area contributed by atoms with E-state index in [2.05, 4.69) is 16.0 Å². The molecule has 0 bridgehead atoms. The fourth-order valence-electron chi connectivity index (χ4n) is 6.00. The van der Waals surface area contributed by atoms with Gasteiger partial charge in [0.25, 0.3) is 11.8 Å². The Morgan fingerprint density at radius 2 is 1.23 bits per heavy atom. The molecule has 4 amide bonds. The molecule has 0 fully saturated rings. The summed E-state index contributed by atoms with van der Waals surface area (Å²) in [6.07, 6.45) is -12.2. The number of carbonyl (C=O) groups excluding carboxylic acids is 4. The molecule has 312 valence electrons. The van der Waals surface area contributed by atoms with Crippen LogP contribution in [-0.4, -0.2) is 60.9 Å². The van der Waals surface area contributed by atoms with Crippen molar-refractivity contribution in [2.45, 2.75) is 104 Å². The number of benzene rings is 3. The third-order valence-electron chi connectivity index (χ3n) is 8.86. The highest BCUT2D eigenvalue weighted by molar-refractivity contribution is 6.09. The van der Waals surface area contributed by atoms with Crippen LogP contribution < -0.4 is 20.9 Å². The van der Waals surface area contributed by atoms with E-state index in [4.69, 9.17) is 4.74 Å². The normalized spacial score (nSPS) is 13.0. The first kappa shape index (κ1) is 46.2. The van der Waals surface area contributed by atoms with Crippen LogP contribution in [-0.2, 0) is 15.2 Å². The van der Waals surface area contributed by atoms with Gasteiger partial charge in [-0.3, -0.25) is 14.4 Å². The Labute approximate surface area is 327 Å². The molecule has 1 unspecified atom stereocenters. The highest BCUT2D eigenvalue weighted by Crippen LogP contribution is 2.54. The van der Waals surface area contributed by atoms with Crippen LogP contribution in [0.4, 0.5) is 46.9 Å². The molecule has 57 heavy (non-hydrogen) atoms. The summed E-state index contributed by atoms with van der Waals surface area (Å²) in [5.74, 6) is -1.68. The molecule has 3 aromatic rings. The number of unbranched alkanes of at least 4 members (excludes halogenated alkanes) is 1. The summed E-state index contributed by atoms with van der Waals surface area (Å²) in [5.41, 5.74) is -8.88. The third kappa shape index (κ3) is 11.9. The number of hydrogen-bond donors (Lipinski definition) is 3. The highest BCUT2D eigenvalue weighted by atomic mass is 19.4. The van der Waals surface area contributed by atoms with Gasteiger partial charge in [0.1, 0.15) is 5.60 Å². The standard InChI is InChI=1S/C41H49F7N4O5/c1-25-21-29(39(42,40(43,44)45)41(46,47)48)22-26(2)33(25)51-34(54)28-17-14-18-30(23-28)52(35(55)27-15-10-9-11-16-27)31(37(3,4)5)24-32(53)49-19-12-13-20-50-36(56)57-38(6,7)8/h9-11,14-18,21-23,31H,12-13,19-20,24H2,1-8H3,(H,49,53)(H,50,56)(H,51,54). The van der Waals surface area contributed by atoms with E-state index < -0.39 is 58.6 Å². The van der Waals surface area contributed by atoms with Crippen molar-refractivity contribution in [3.8, 4) is 0 Å².